The minimum atomic E-state index is -0.0919. The maximum atomic E-state index is 12.2. The van der Waals surface area contributed by atoms with Gasteiger partial charge < -0.3 is 5.32 Å². The summed E-state index contributed by atoms with van der Waals surface area (Å²) in [5, 5.41) is 4.13. The Balaban J connectivity index is 1.97. The Labute approximate surface area is 155 Å². The van der Waals surface area contributed by atoms with Gasteiger partial charge in [0.25, 0.3) is 5.91 Å². The van der Waals surface area contributed by atoms with E-state index in [-0.39, 0.29) is 5.91 Å². The molecule has 21 heavy (non-hydrogen) atoms. The molecule has 0 atom stereocenters. The van der Waals surface area contributed by atoms with Gasteiger partial charge in [-0.15, -0.1) is 0 Å². The normalized spacial score (nSPS) is 10.5. The third-order valence-electron chi connectivity index (χ3n) is 2.87. The van der Waals surface area contributed by atoms with Crippen LogP contribution in [-0.2, 0) is 6.42 Å². The molecule has 0 saturated carbocycles. The quantitative estimate of drug-likeness (QED) is 0.567. The van der Waals surface area contributed by atoms with Crippen molar-refractivity contribution in [2.24, 2.45) is 0 Å². The molecule has 0 unspecified atom stereocenters. The molecule has 2 aromatic carbocycles. The summed E-state index contributed by atoms with van der Waals surface area (Å²) in [6.45, 7) is 0.517. The Morgan fingerprint density at radius 1 is 1.19 bits per heavy atom. The molecule has 1 amide bonds. The molecule has 0 fully saturated rings. The maximum absolute atomic E-state index is 12.2. The number of carbonyl (C=O) groups is 1. The number of carbonyl (C=O) groups excluding carboxylic acids is 1. The molecule has 0 spiro atoms. The van der Waals surface area contributed by atoms with E-state index in [1.807, 2.05) is 24.3 Å². The molecule has 0 aliphatic rings. The molecule has 1 N–H and O–H groups in total. The van der Waals surface area contributed by atoms with E-state index in [1.165, 1.54) is 0 Å². The lowest BCUT2D eigenvalue weighted by molar-refractivity contribution is 0.0953. The molecular formula is C15H11BrCl2INO. The summed E-state index contributed by atoms with van der Waals surface area (Å²) in [5.74, 6) is -0.0919. The van der Waals surface area contributed by atoms with Crippen LogP contribution in [0.1, 0.15) is 15.9 Å². The summed E-state index contributed by atoms with van der Waals surface area (Å²) in [7, 11) is 0. The van der Waals surface area contributed by atoms with Crippen LogP contribution in [0.15, 0.2) is 40.9 Å². The van der Waals surface area contributed by atoms with Gasteiger partial charge >= 0.3 is 0 Å². The predicted molar refractivity (Wildman–Crippen MR) is 99.4 cm³/mol. The van der Waals surface area contributed by atoms with Crippen LogP contribution >= 0.6 is 61.7 Å². The minimum Gasteiger partial charge on any atom is -0.352 e. The number of halogens is 4. The van der Waals surface area contributed by atoms with Crippen molar-refractivity contribution in [3.63, 3.8) is 0 Å². The highest BCUT2D eigenvalue weighted by atomic mass is 127. The number of hydrogen-bond donors (Lipinski definition) is 1. The lowest BCUT2D eigenvalue weighted by Crippen LogP contribution is -2.26. The molecule has 6 heteroatoms. The van der Waals surface area contributed by atoms with E-state index in [4.69, 9.17) is 23.2 Å². The zero-order valence-electron chi connectivity index (χ0n) is 10.8. The molecule has 2 aromatic rings. The molecule has 0 aliphatic carbocycles. The van der Waals surface area contributed by atoms with E-state index in [2.05, 4.69) is 43.8 Å². The van der Waals surface area contributed by atoms with Crippen molar-refractivity contribution >= 4 is 67.6 Å². The fraction of sp³-hybridized carbons (Fsp3) is 0.133. The standard InChI is InChI=1S/C15H11BrCl2INO/c16-10-2-4-14(19)12(7-10)15(21)20-6-5-9-1-3-11(17)8-13(9)18/h1-4,7-8H,5-6H2,(H,20,21). The summed E-state index contributed by atoms with van der Waals surface area (Å²) < 4.78 is 1.80. The van der Waals surface area contributed by atoms with Crippen molar-refractivity contribution in [3.05, 3.63) is 65.6 Å². The van der Waals surface area contributed by atoms with Gasteiger partial charge in [0.15, 0.2) is 0 Å². The fourth-order valence-corrected chi connectivity index (χ4v) is 3.25. The Kier molecular flexibility index (Phi) is 6.34. The van der Waals surface area contributed by atoms with Crippen molar-refractivity contribution < 1.29 is 4.79 Å². The summed E-state index contributed by atoms with van der Waals surface area (Å²) in [6, 6.07) is 11.0. The molecule has 0 heterocycles. The molecule has 0 bridgehead atoms. The Hall–Kier alpha value is -0.300. The van der Waals surface area contributed by atoms with Gasteiger partial charge in [-0.25, -0.2) is 0 Å². The van der Waals surface area contributed by atoms with Gasteiger partial charge in [-0.2, -0.15) is 0 Å². The van der Waals surface area contributed by atoms with Crippen LogP contribution in [0.4, 0.5) is 0 Å². The van der Waals surface area contributed by atoms with Crippen LogP contribution < -0.4 is 5.32 Å². The third-order valence-corrected chi connectivity index (χ3v) is 4.89. The van der Waals surface area contributed by atoms with Crippen molar-refractivity contribution in [2.75, 3.05) is 6.54 Å². The Morgan fingerprint density at radius 2 is 1.95 bits per heavy atom. The van der Waals surface area contributed by atoms with Gasteiger partial charge in [-0.1, -0.05) is 45.2 Å². The first-order chi connectivity index (χ1) is 9.97. The van der Waals surface area contributed by atoms with Crippen molar-refractivity contribution in [2.45, 2.75) is 6.42 Å². The first-order valence-electron chi connectivity index (χ1n) is 6.14. The van der Waals surface area contributed by atoms with Crippen LogP contribution in [0.3, 0.4) is 0 Å². The largest absolute Gasteiger partial charge is 0.352 e. The maximum Gasteiger partial charge on any atom is 0.252 e. The SMILES string of the molecule is O=C(NCCc1ccc(Cl)cc1Cl)c1cc(Br)ccc1I. The number of benzene rings is 2. The Bertz CT molecular complexity index is 679. The van der Waals surface area contributed by atoms with E-state index in [9.17, 15) is 4.79 Å². The molecular weight excluding hydrogens is 488 g/mol. The molecule has 2 nitrogen and oxygen atoms in total. The zero-order chi connectivity index (χ0) is 15.4. The van der Waals surface area contributed by atoms with Crippen molar-refractivity contribution in [3.8, 4) is 0 Å². The number of amides is 1. The molecule has 2 rings (SSSR count). The number of rotatable bonds is 4. The summed E-state index contributed by atoms with van der Waals surface area (Å²) in [5.41, 5.74) is 1.62. The van der Waals surface area contributed by atoms with Crippen molar-refractivity contribution in [1.29, 1.82) is 0 Å². The van der Waals surface area contributed by atoms with Crippen LogP contribution in [0.2, 0.25) is 10.0 Å². The number of hydrogen-bond acceptors (Lipinski definition) is 1. The van der Waals surface area contributed by atoms with Gasteiger partial charge in [0.2, 0.25) is 0 Å². The van der Waals surface area contributed by atoms with Gasteiger partial charge in [0.1, 0.15) is 0 Å². The smallest absolute Gasteiger partial charge is 0.252 e. The highest BCUT2D eigenvalue weighted by Crippen LogP contribution is 2.21. The van der Waals surface area contributed by atoms with E-state index in [1.54, 1.807) is 12.1 Å². The predicted octanol–water partition coefficient (Wildman–Crippen LogP) is 5.33. The second-order valence-corrected chi connectivity index (χ2v) is 7.29. The first kappa shape index (κ1) is 17.1. The van der Waals surface area contributed by atoms with Crippen LogP contribution in [0.25, 0.3) is 0 Å². The molecule has 0 aliphatic heterocycles. The third kappa shape index (κ3) is 4.84. The topological polar surface area (TPSA) is 29.1 Å². The van der Waals surface area contributed by atoms with Crippen LogP contribution in [0.5, 0.6) is 0 Å². The van der Waals surface area contributed by atoms with Crippen molar-refractivity contribution in [1.82, 2.24) is 5.32 Å². The summed E-state index contributed by atoms with van der Waals surface area (Å²) in [6.07, 6.45) is 0.659. The fourth-order valence-electron chi connectivity index (χ4n) is 1.80. The average Bonchev–Trinajstić information content (AvgIpc) is 2.43. The van der Waals surface area contributed by atoms with Gasteiger partial charge in [0.05, 0.1) is 5.56 Å². The monoisotopic (exact) mass is 497 g/mol. The van der Waals surface area contributed by atoms with E-state index in [0.717, 1.165) is 13.6 Å². The minimum absolute atomic E-state index is 0.0919. The van der Waals surface area contributed by atoms with Gasteiger partial charge in [0, 0.05) is 24.6 Å². The first-order valence-corrected chi connectivity index (χ1v) is 8.77. The summed E-state index contributed by atoms with van der Waals surface area (Å²) in [4.78, 5) is 12.2. The molecule has 0 saturated heterocycles. The average molecular weight is 499 g/mol. The lowest BCUT2D eigenvalue weighted by atomic mass is 10.1. The zero-order valence-corrected chi connectivity index (χ0v) is 16.1. The van der Waals surface area contributed by atoms with Gasteiger partial charge in [-0.05, 0) is 64.9 Å². The lowest BCUT2D eigenvalue weighted by Gasteiger charge is -2.08. The highest BCUT2D eigenvalue weighted by Gasteiger charge is 2.10. The van der Waals surface area contributed by atoms with Crippen LogP contribution in [-0.4, -0.2) is 12.5 Å². The highest BCUT2D eigenvalue weighted by molar-refractivity contribution is 14.1. The van der Waals surface area contributed by atoms with E-state index < -0.39 is 0 Å². The molecule has 0 radical (unpaired) electrons. The summed E-state index contributed by atoms with van der Waals surface area (Å²) >= 11 is 17.5. The second-order valence-electron chi connectivity index (χ2n) is 4.37. The Morgan fingerprint density at radius 3 is 2.67 bits per heavy atom. The van der Waals surface area contributed by atoms with Crippen LogP contribution in [0, 0.1) is 3.57 Å². The second kappa shape index (κ2) is 7.81. The molecule has 0 aromatic heterocycles. The van der Waals surface area contributed by atoms with Gasteiger partial charge in [-0.3, -0.25) is 4.79 Å². The number of nitrogens with one attached hydrogen (secondary N) is 1. The molecule has 110 valence electrons. The van der Waals surface area contributed by atoms with E-state index in [0.29, 0.717) is 28.6 Å². The van der Waals surface area contributed by atoms with E-state index >= 15 is 0 Å².